The summed E-state index contributed by atoms with van der Waals surface area (Å²) in [4.78, 5) is -0.589. The highest BCUT2D eigenvalue weighted by Gasteiger charge is 2.30. The van der Waals surface area contributed by atoms with E-state index in [0.29, 0.717) is 12.5 Å². The van der Waals surface area contributed by atoms with E-state index in [1.165, 1.54) is 4.31 Å². The number of rotatable bonds is 5. The lowest BCUT2D eigenvalue weighted by Crippen LogP contribution is -2.38. The van der Waals surface area contributed by atoms with E-state index in [9.17, 15) is 17.2 Å². The van der Waals surface area contributed by atoms with Crippen molar-refractivity contribution in [1.29, 1.82) is 0 Å². The van der Waals surface area contributed by atoms with Gasteiger partial charge in [0.05, 0.1) is 5.69 Å². The number of nitrogens with zero attached hydrogens (tertiary/aromatic N) is 1. The zero-order chi connectivity index (χ0) is 14.8. The predicted octanol–water partition coefficient (Wildman–Crippen LogP) is 2.36. The summed E-state index contributed by atoms with van der Waals surface area (Å²) in [6.07, 6.45) is 0.589. The fraction of sp³-hybridized carbons (Fsp3) is 0.500. The van der Waals surface area contributed by atoms with Gasteiger partial charge in [-0.3, -0.25) is 0 Å². The van der Waals surface area contributed by atoms with Crippen molar-refractivity contribution in [2.75, 3.05) is 12.3 Å². The maximum atomic E-state index is 13.7. The van der Waals surface area contributed by atoms with Gasteiger partial charge in [-0.15, -0.1) is 0 Å². The van der Waals surface area contributed by atoms with Crippen LogP contribution in [0.25, 0.3) is 0 Å². The highest BCUT2D eigenvalue weighted by molar-refractivity contribution is 7.89. The predicted molar refractivity (Wildman–Crippen MR) is 70.1 cm³/mol. The Morgan fingerprint density at radius 3 is 2.32 bits per heavy atom. The summed E-state index contributed by atoms with van der Waals surface area (Å²) < 4.78 is 52.7. The largest absolute Gasteiger partial charge is 0.396 e. The van der Waals surface area contributed by atoms with Crippen LogP contribution < -0.4 is 5.73 Å². The Hall–Kier alpha value is -1.21. The Balaban J connectivity index is 3.38. The summed E-state index contributed by atoms with van der Waals surface area (Å²) in [5.41, 5.74) is 4.92. The van der Waals surface area contributed by atoms with Gasteiger partial charge < -0.3 is 5.73 Å². The first-order chi connectivity index (χ1) is 8.75. The average Bonchev–Trinajstić information content (AvgIpc) is 2.33. The third-order valence-electron chi connectivity index (χ3n) is 3.03. The van der Waals surface area contributed by atoms with Crippen molar-refractivity contribution in [3.8, 4) is 0 Å². The number of nitrogen functional groups attached to an aromatic ring is 1. The van der Waals surface area contributed by atoms with Crippen LogP contribution in [0.1, 0.15) is 27.2 Å². The van der Waals surface area contributed by atoms with Gasteiger partial charge in [-0.1, -0.05) is 13.8 Å². The molecule has 0 radical (unpaired) electrons. The molecule has 2 N–H and O–H groups in total. The number of halogens is 2. The number of nitrogens with two attached hydrogens (primary N) is 1. The van der Waals surface area contributed by atoms with Gasteiger partial charge in [-0.25, -0.2) is 17.2 Å². The third kappa shape index (κ3) is 3.03. The van der Waals surface area contributed by atoms with Crippen LogP contribution in [0.15, 0.2) is 17.0 Å². The van der Waals surface area contributed by atoms with Gasteiger partial charge in [0.2, 0.25) is 10.0 Å². The minimum atomic E-state index is -4.02. The van der Waals surface area contributed by atoms with Gasteiger partial charge in [0.15, 0.2) is 0 Å². The zero-order valence-corrected chi connectivity index (χ0v) is 12.0. The first-order valence-corrected chi connectivity index (χ1v) is 7.46. The zero-order valence-electron chi connectivity index (χ0n) is 11.2. The van der Waals surface area contributed by atoms with E-state index in [0.717, 1.165) is 6.07 Å². The maximum absolute atomic E-state index is 13.7. The lowest BCUT2D eigenvalue weighted by molar-refractivity contribution is 0.340. The van der Waals surface area contributed by atoms with E-state index in [-0.39, 0.29) is 18.3 Å². The molecule has 0 amide bonds. The number of benzene rings is 1. The lowest BCUT2D eigenvalue weighted by Gasteiger charge is -2.26. The fourth-order valence-corrected chi connectivity index (χ4v) is 3.59. The molecule has 1 atom stereocenters. The molecule has 108 valence electrons. The topological polar surface area (TPSA) is 63.4 Å². The highest BCUT2D eigenvalue weighted by Crippen LogP contribution is 2.25. The van der Waals surface area contributed by atoms with Crippen LogP contribution in [0.3, 0.4) is 0 Å². The van der Waals surface area contributed by atoms with E-state index in [1.54, 1.807) is 13.8 Å². The number of anilines is 1. The van der Waals surface area contributed by atoms with Gasteiger partial charge >= 0.3 is 0 Å². The third-order valence-corrected chi connectivity index (χ3v) is 5.14. The molecule has 1 aromatic rings. The van der Waals surface area contributed by atoms with E-state index < -0.39 is 26.6 Å². The van der Waals surface area contributed by atoms with Crippen LogP contribution in [0, 0.1) is 11.6 Å². The molecular formula is C12H18F2N2O2S. The quantitative estimate of drug-likeness (QED) is 0.847. The molecular weight excluding hydrogens is 274 g/mol. The van der Waals surface area contributed by atoms with E-state index in [4.69, 9.17) is 5.73 Å². The van der Waals surface area contributed by atoms with Gasteiger partial charge in [0, 0.05) is 18.7 Å². The fourth-order valence-electron chi connectivity index (χ4n) is 1.79. The molecule has 7 heteroatoms. The molecule has 0 fully saturated rings. The average molecular weight is 292 g/mol. The smallest absolute Gasteiger partial charge is 0.246 e. The minimum Gasteiger partial charge on any atom is -0.396 e. The summed E-state index contributed by atoms with van der Waals surface area (Å²) in [5.74, 6) is -2.10. The first kappa shape index (κ1) is 15.8. The lowest BCUT2D eigenvalue weighted by atomic mass is 10.3. The molecule has 4 nitrogen and oxygen atoms in total. The van der Waals surface area contributed by atoms with Crippen molar-refractivity contribution >= 4 is 15.7 Å². The van der Waals surface area contributed by atoms with E-state index in [1.807, 2.05) is 6.92 Å². The molecule has 1 aromatic carbocycles. The number of hydrogen-bond acceptors (Lipinski definition) is 3. The van der Waals surface area contributed by atoms with Crippen molar-refractivity contribution in [3.05, 3.63) is 23.8 Å². The standard InChI is InChI=1S/C12H18F2N2O2S/c1-4-8(3)16(5-2)19(17,18)12-7-11(15)9(13)6-10(12)14/h6-8H,4-5,15H2,1-3H3. The molecule has 0 aromatic heterocycles. The van der Waals surface area contributed by atoms with Gasteiger partial charge in [0.1, 0.15) is 16.5 Å². The summed E-state index contributed by atoms with van der Waals surface area (Å²) in [6, 6.07) is 1.04. The Labute approximate surface area is 112 Å². The minimum absolute atomic E-state index is 0.202. The SMILES string of the molecule is CCC(C)N(CC)S(=O)(=O)c1cc(N)c(F)cc1F. The van der Waals surface area contributed by atoms with E-state index >= 15 is 0 Å². The molecule has 0 bridgehead atoms. The molecule has 19 heavy (non-hydrogen) atoms. The van der Waals surface area contributed by atoms with Crippen LogP contribution in [0.2, 0.25) is 0 Å². The van der Waals surface area contributed by atoms with Crippen LogP contribution >= 0.6 is 0 Å². The number of sulfonamides is 1. The first-order valence-electron chi connectivity index (χ1n) is 6.02. The Kier molecular flexibility index (Phi) is 4.86. The molecule has 0 spiro atoms. The second kappa shape index (κ2) is 5.83. The molecule has 1 unspecified atom stereocenters. The maximum Gasteiger partial charge on any atom is 0.246 e. The van der Waals surface area contributed by atoms with Crippen molar-refractivity contribution in [2.24, 2.45) is 0 Å². The van der Waals surface area contributed by atoms with Gasteiger partial charge in [-0.05, 0) is 19.4 Å². The van der Waals surface area contributed by atoms with Crippen LogP contribution in [-0.2, 0) is 10.0 Å². The number of hydrogen-bond donors (Lipinski definition) is 1. The molecule has 0 heterocycles. The molecule has 0 aliphatic heterocycles. The van der Waals surface area contributed by atoms with Crippen LogP contribution in [0.5, 0.6) is 0 Å². The summed E-state index contributed by atoms with van der Waals surface area (Å²) >= 11 is 0. The van der Waals surface area contributed by atoms with Crippen LogP contribution in [-0.4, -0.2) is 25.3 Å². The van der Waals surface area contributed by atoms with Crippen molar-refractivity contribution in [2.45, 2.75) is 38.1 Å². The second-order valence-electron chi connectivity index (χ2n) is 4.27. The normalized spacial score (nSPS) is 13.8. The summed E-state index contributed by atoms with van der Waals surface area (Å²) in [7, 11) is -4.02. The van der Waals surface area contributed by atoms with Gasteiger partial charge in [-0.2, -0.15) is 4.31 Å². The van der Waals surface area contributed by atoms with Crippen LogP contribution in [0.4, 0.5) is 14.5 Å². The van der Waals surface area contributed by atoms with Crippen molar-refractivity contribution in [1.82, 2.24) is 4.31 Å². The highest BCUT2D eigenvalue weighted by atomic mass is 32.2. The monoisotopic (exact) mass is 292 g/mol. The summed E-state index contributed by atoms with van der Waals surface area (Å²) in [6.45, 7) is 5.42. The second-order valence-corrected chi connectivity index (χ2v) is 6.13. The van der Waals surface area contributed by atoms with Crippen molar-refractivity contribution in [3.63, 3.8) is 0 Å². The molecule has 1 rings (SSSR count). The molecule has 0 saturated carbocycles. The Morgan fingerprint density at radius 1 is 1.26 bits per heavy atom. The Bertz CT molecular complexity index is 561. The Morgan fingerprint density at radius 2 is 1.84 bits per heavy atom. The van der Waals surface area contributed by atoms with Crippen molar-refractivity contribution < 1.29 is 17.2 Å². The van der Waals surface area contributed by atoms with E-state index in [2.05, 4.69) is 0 Å². The summed E-state index contributed by atoms with van der Waals surface area (Å²) in [5, 5.41) is 0. The molecule has 0 saturated heterocycles. The molecule has 0 aliphatic carbocycles. The molecule has 0 aliphatic rings. The van der Waals surface area contributed by atoms with Gasteiger partial charge in [0.25, 0.3) is 0 Å².